The van der Waals surface area contributed by atoms with Crippen molar-refractivity contribution in [2.45, 2.75) is 64.0 Å². The number of piperidine rings is 2. The van der Waals surface area contributed by atoms with Crippen molar-refractivity contribution in [2.75, 3.05) is 26.2 Å². The van der Waals surface area contributed by atoms with Crippen molar-refractivity contribution < 1.29 is 32.2 Å². The minimum absolute atomic E-state index is 0.135. The lowest BCUT2D eigenvalue weighted by Gasteiger charge is -2.51. The monoisotopic (exact) mass is 531 g/mol. The number of amides is 1. The molecule has 204 valence electrons. The Balaban J connectivity index is 1.31. The predicted octanol–water partition coefficient (Wildman–Crippen LogP) is 4.40. The highest BCUT2D eigenvalue weighted by molar-refractivity contribution is 5.94. The molecule has 0 N–H and O–H groups in total. The van der Waals surface area contributed by atoms with Gasteiger partial charge in [-0.1, -0.05) is 18.2 Å². The lowest BCUT2D eigenvalue weighted by atomic mass is 9.69. The average Bonchev–Trinajstić information content (AvgIpc) is 3.21. The first-order valence-corrected chi connectivity index (χ1v) is 13.0. The van der Waals surface area contributed by atoms with Crippen molar-refractivity contribution in [2.24, 2.45) is 5.41 Å². The number of rotatable bonds is 4. The predicted molar refractivity (Wildman–Crippen MR) is 132 cm³/mol. The molecule has 4 heterocycles. The van der Waals surface area contributed by atoms with Gasteiger partial charge in [-0.05, 0) is 57.4 Å². The lowest BCUT2D eigenvalue weighted by Crippen LogP contribution is -2.57. The fourth-order valence-corrected chi connectivity index (χ4v) is 6.01. The Hall–Kier alpha value is -3.14. The molecule has 0 radical (unpaired) electrons. The third kappa shape index (κ3) is 5.36. The number of hydrogen-bond acceptors (Lipinski definition) is 6. The zero-order chi connectivity index (χ0) is 27.1. The van der Waals surface area contributed by atoms with Crippen LogP contribution >= 0.6 is 0 Å². The number of fused-ring (bicyclic) bond motifs is 1. The Kier molecular flexibility index (Phi) is 6.87. The number of esters is 1. The fourth-order valence-electron chi connectivity index (χ4n) is 6.01. The number of likely N-dealkylation sites (tertiary alicyclic amines) is 2. The van der Waals surface area contributed by atoms with E-state index in [-0.39, 0.29) is 18.1 Å². The van der Waals surface area contributed by atoms with E-state index in [4.69, 9.17) is 9.47 Å². The van der Waals surface area contributed by atoms with Crippen LogP contribution in [0.15, 0.2) is 42.7 Å². The Bertz CT molecular complexity index is 1190. The average molecular weight is 532 g/mol. The van der Waals surface area contributed by atoms with E-state index in [0.29, 0.717) is 51.0 Å². The van der Waals surface area contributed by atoms with Crippen LogP contribution in [0.3, 0.4) is 0 Å². The number of hydrogen-bond donors (Lipinski definition) is 0. The maximum atomic E-state index is 13.2. The zero-order valence-corrected chi connectivity index (χ0v) is 21.6. The molecule has 2 fully saturated rings. The molecule has 2 saturated heterocycles. The maximum Gasteiger partial charge on any atom is 0.490 e. The summed E-state index contributed by atoms with van der Waals surface area (Å²) in [7, 11) is 0. The quantitative estimate of drug-likeness (QED) is 0.545. The van der Waals surface area contributed by atoms with Crippen molar-refractivity contribution in [3.8, 4) is 5.75 Å². The summed E-state index contributed by atoms with van der Waals surface area (Å²) in [6.45, 7) is 6.15. The second-order valence-electron chi connectivity index (χ2n) is 11.2. The first kappa shape index (κ1) is 26.5. The molecular formula is C28H32F3N3O4. The molecule has 0 bridgehead atoms. The standard InChI is InChI=1S/C28H32F3N3O4/c1-26(2)16-20-4-3-5-21(23(20)38-26)17-33-13-8-27(22(18-33)37-25(36)28(29,30)31)9-14-34(15-10-27)24(35)19-6-11-32-12-7-19/h3-7,11-12,22H,8-10,13-18H2,1-2H3. The highest BCUT2D eigenvalue weighted by Crippen LogP contribution is 2.45. The summed E-state index contributed by atoms with van der Waals surface area (Å²) in [5.74, 6) is -1.46. The molecule has 1 unspecified atom stereocenters. The van der Waals surface area contributed by atoms with Crippen LogP contribution in [-0.4, -0.2) is 70.7 Å². The number of ether oxygens (including phenoxy) is 2. The van der Waals surface area contributed by atoms with Crippen LogP contribution in [0.25, 0.3) is 0 Å². The molecule has 2 aromatic rings. The van der Waals surface area contributed by atoms with E-state index in [0.717, 1.165) is 23.3 Å². The first-order chi connectivity index (χ1) is 18.0. The molecule has 3 aliphatic rings. The van der Waals surface area contributed by atoms with Gasteiger partial charge in [-0.2, -0.15) is 13.2 Å². The summed E-state index contributed by atoms with van der Waals surface area (Å²) in [4.78, 5) is 32.5. The molecule has 3 aliphatic heterocycles. The summed E-state index contributed by atoms with van der Waals surface area (Å²) >= 11 is 0. The van der Waals surface area contributed by atoms with Crippen LogP contribution in [0.1, 0.15) is 54.6 Å². The number of nitrogens with zero attached hydrogens (tertiary/aromatic N) is 3. The highest BCUT2D eigenvalue weighted by atomic mass is 19.4. The van der Waals surface area contributed by atoms with E-state index in [1.54, 1.807) is 29.4 Å². The molecule has 5 rings (SSSR count). The third-order valence-electron chi connectivity index (χ3n) is 8.05. The summed E-state index contributed by atoms with van der Waals surface area (Å²) in [6, 6.07) is 9.27. The maximum absolute atomic E-state index is 13.2. The molecule has 0 saturated carbocycles. The Morgan fingerprint density at radius 2 is 1.76 bits per heavy atom. The van der Waals surface area contributed by atoms with Gasteiger partial charge >= 0.3 is 12.1 Å². The highest BCUT2D eigenvalue weighted by Gasteiger charge is 2.51. The third-order valence-corrected chi connectivity index (χ3v) is 8.05. The van der Waals surface area contributed by atoms with Crippen molar-refractivity contribution in [1.82, 2.24) is 14.8 Å². The Morgan fingerprint density at radius 3 is 2.45 bits per heavy atom. The van der Waals surface area contributed by atoms with Gasteiger partial charge in [0.05, 0.1) is 0 Å². The van der Waals surface area contributed by atoms with Gasteiger partial charge in [0, 0.05) is 61.5 Å². The summed E-state index contributed by atoms with van der Waals surface area (Å²) < 4.78 is 51.0. The number of benzene rings is 1. The molecule has 1 aromatic carbocycles. The van der Waals surface area contributed by atoms with Gasteiger partial charge < -0.3 is 14.4 Å². The molecule has 1 amide bonds. The topological polar surface area (TPSA) is 72.0 Å². The van der Waals surface area contributed by atoms with Crippen LogP contribution in [0.4, 0.5) is 13.2 Å². The second kappa shape index (κ2) is 9.87. The number of para-hydroxylation sites is 1. The molecule has 1 aromatic heterocycles. The molecule has 1 atom stereocenters. The van der Waals surface area contributed by atoms with Gasteiger partial charge in [0.1, 0.15) is 17.5 Å². The van der Waals surface area contributed by atoms with Crippen LogP contribution in [0.2, 0.25) is 0 Å². The van der Waals surface area contributed by atoms with E-state index < -0.39 is 23.7 Å². The van der Waals surface area contributed by atoms with Crippen molar-refractivity contribution in [3.63, 3.8) is 0 Å². The Morgan fingerprint density at radius 1 is 1.08 bits per heavy atom. The molecular weight excluding hydrogens is 499 g/mol. The molecule has 1 spiro atoms. The minimum Gasteiger partial charge on any atom is -0.487 e. The zero-order valence-electron chi connectivity index (χ0n) is 21.6. The summed E-state index contributed by atoms with van der Waals surface area (Å²) in [5, 5.41) is 0. The van der Waals surface area contributed by atoms with Crippen LogP contribution in [0, 0.1) is 5.41 Å². The van der Waals surface area contributed by atoms with E-state index in [2.05, 4.69) is 4.98 Å². The van der Waals surface area contributed by atoms with E-state index in [1.165, 1.54) is 0 Å². The smallest absolute Gasteiger partial charge is 0.487 e. The molecule has 0 aliphatic carbocycles. The van der Waals surface area contributed by atoms with Crippen LogP contribution in [0.5, 0.6) is 5.75 Å². The minimum atomic E-state index is -5.07. The van der Waals surface area contributed by atoms with Crippen LogP contribution in [-0.2, 0) is 22.5 Å². The number of alkyl halides is 3. The molecule has 7 nitrogen and oxygen atoms in total. The second-order valence-corrected chi connectivity index (χ2v) is 11.2. The largest absolute Gasteiger partial charge is 0.490 e. The van der Waals surface area contributed by atoms with Gasteiger partial charge in [-0.25, -0.2) is 4.79 Å². The van der Waals surface area contributed by atoms with Gasteiger partial charge in [0.25, 0.3) is 5.91 Å². The van der Waals surface area contributed by atoms with Gasteiger partial charge in [-0.3, -0.25) is 14.7 Å². The normalized spacial score (nSPS) is 22.6. The van der Waals surface area contributed by atoms with Crippen molar-refractivity contribution in [3.05, 3.63) is 59.4 Å². The van der Waals surface area contributed by atoms with Crippen LogP contribution < -0.4 is 4.74 Å². The van der Waals surface area contributed by atoms with E-state index >= 15 is 0 Å². The van der Waals surface area contributed by atoms with E-state index in [1.807, 2.05) is 36.9 Å². The van der Waals surface area contributed by atoms with Gasteiger partial charge in [0.15, 0.2) is 0 Å². The number of carbonyl (C=O) groups excluding carboxylic acids is 2. The lowest BCUT2D eigenvalue weighted by molar-refractivity contribution is -0.216. The fraction of sp³-hybridized carbons (Fsp3) is 0.536. The van der Waals surface area contributed by atoms with Crippen molar-refractivity contribution >= 4 is 11.9 Å². The van der Waals surface area contributed by atoms with Gasteiger partial charge in [-0.15, -0.1) is 0 Å². The molecule has 38 heavy (non-hydrogen) atoms. The van der Waals surface area contributed by atoms with Crippen molar-refractivity contribution in [1.29, 1.82) is 0 Å². The molecule has 10 heteroatoms. The number of aromatic nitrogens is 1. The van der Waals surface area contributed by atoms with E-state index in [9.17, 15) is 22.8 Å². The van der Waals surface area contributed by atoms with Gasteiger partial charge in [0.2, 0.25) is 0 Å². The number of pyridine rings is 1. The number of halogens is 3. The SMILES string of the molecule is CC1(C)Cc2cccc(CN3CCC4(CCN(C(=O)c5ccncc5)CC4)C(OC(=O)C(F)(F)F)C3)c2O1. The summed E-state index contributed by atoms with van der Waals surface area (Å²) in [5.41, 5.74) is 1.68. The first-order valence-electron chi connectivity index (χ1n) is 13.0. The summed E-state index contributed by atoms with van der Waals surface area (Å²) in [6.07, 6.45) is -0.610. The number of carbonyl (C=O) groups is 2. The Labute approximate surface area is 219 Å².